The van der Waals surface area contributed by atoms with Crippen molar-refractivity contribution < 1.29 is 9.59 Å². The number of hydrogen-bond acceptors (Lipinski definition) is 2. The maximum absolute atomic E-state index is 10.9. The molecule has 0 aromatic heterocycles. The molecule has 1 rings (SSSR count). The molecule has 1 aromatic carbocycles. The first-order chi connectivity index (χ1) is 7.36. The lowest BCUT2D eigenvalue weighted by molar-refractivity contribution is -0.106. The second-order valence-corrected chi connectivity index (χ2v) is 4.92. The van der Waals surface area contributed by atoms with E-state index in [1.54, 1.807) is 18.1 Å². The zero-order chi connectivity index (χ0) is 12.3. The third-order valence-electron chi connectivity index (χ3n) is 2.34. The van der Waals surface area contributed by atoms with Gasteiger partial charge in [-0.25, -0.2) is 4.79 Å². The van der Waals surface area contributed by atoms with Crippen LogP contribution in [0.3, 0.4) is 0 Å². The molecule has 3 heteroatoms. The summed E-state index contributed by atoms with van der Waals surface area (Å²) in [6.45, 7) is 6.27. The standard InChI is InChI=1S/C13H13ClO2/c1-13(2,3)10-6-4-9(5-7-10)11(8-15)12(14)16/h4-7H,1-3H3. The Kier molecular flexibility index (Phi) is 3.69. The first-order valence-corrected chi connectivity index (χ1v) is 5.30. The van der Waals surface area contributed by atoms with Crippen LogP contribution in [-0.2, 0) is 15.0 Å². The molecule has 0 atom stereocenters. The summed E-state index contributed by atoms with van der Waals surface area (Å²) in [6, 6.07) is 7.18. The molecule has 0 spiro atoms. The molecule has 0 radical (unpaired) electrons. The van der Waals surface area contributed by atoms with Crippen molar-refractivity contribution in [1.29, 1.82) is 0 Å². The van der Waals surface area contributed by atoms with E-state index >= 15 is 0 Å². The smallest absolute Gasteiger partial charge is 0.264 e. The minimum absolute atomic E-state index is 0.0363. The van der Waals surface area contributed by atoms with Gasteiger partial charge in [-0.2, -0.15) is 0 Å². The Balaban J connectivity index is 3.14. The molecule has 0 saturated heterocycles. The lowest BCUT2D eigenvalue weighted by Gasteiger charge is -2.18. The van der Waals surface area contributed by atoms with Gasteiger partial charge in [-0.3, -0.25) is 4.79 Å². The Hall–Kier alpha value is -1.37. The molecule has 0 unspecified atom stereocenters. The zero-order valence-corrected chi connectivity index (χ0v) is 10.3. The summed E-state index contributed by atoms with van der Waals surface area (Å²) >= 11 is 5.27. The quantitative estimate of drug-likeness (QED) is 0.450. The van der Waals surface area contributed by atoms with Crippen LogP contribution in [0, 0.1) is 0 Å². The number of hydrogen-bond donors (Lipinski definition) is 0. The average molecular weight is 237 g/mol. The molecule has 0 bridgehead atoms. The predicted octanol–water partition coefficient (Wildman–Crippen LogP) is 2.96. The second-order valence-electron chi connectivity index (χ2n) is 4.58. The summed E-state index contributed by atoms with van der Waals surface area (Å²) in [5.41, 5.74) is 1.54. The molecule has 84 valence electrons. The van der Waals surface area contributed by atoms with Gasteiger partial charge in [-0.05, 0) is 28.1 Å². The van der Waals surface area contributed by atoms with E-state index in [-0.39, 0.29) is 11.0 Å². The third-order valence-corrected chi connectivity index (χ3v) is 2.53. The molecular formula is C13H13ClO2. The molecule has 0 aliphatic rings. The van der Waals surface area contributed by atoms with Crippen LogP contribution < -0.4 is 0 Å². The van der Waals surface area contributed by atoms with Crippen molar-refractivity contribution in [2.75, 3.05) is 0 Å². The highest BCUT2D eigenvalue weighted by atomic mass is 35.5. The van der Waals surface area contributed by atoms with Crippen molar-refractivity contribution in [2.45, 2.75) is 26.2 Å². The van der Waals surface area contributed by atoms with Crippen molar-refractivity contribution in [1.82, 2.24) is 0 Å². The number of benzene rings is 1. The fourth-order valence-corrected chi connectivity index (χ4v) is 1.50. The van der Waals surface area contributed by atoms with E-state index in [4.69, 9.17) is 11.6 Å². The van der Waals surface area contributed by atoms with Crippen LogP contribution in [-0.4, -0.2) is 11.2 Å². The minimum Gasteiger partial charge on any atom is -0.275 e. The van der Waals surface area contributed by atoms with E-state index in [9.17, 15) is 9.59 Å². The Morgan fingerprint density at radius 3 is 2.00 bits per heavy atom. The fourth-order valence-electron chi connectivity index (χ4n) is 1.35. The van der Waals surface area contributed by atoms with Crippen LogP contribution in [0.15, 0.2) is 24.3 Å². The van der Waals surface area contributed by atoms with E-state index in [0.717, 1.165) is 5.56 Å². The first-order valence-electron chi connectivity index (χ1n) is 4.92. The van der Waals surface area contributed by atoms with Crippen LogP contribution in [0.2, 0.25) is 0 Å². The number of rotatable bonds is 2. The molecule has 1 aromatic rings. The lowest BCUT2D eigenvalue weighted by Crippen LogP contribution is -2.10. The van der Waals surface area contributed by atoms with Gasteiger partial charge in [0.2, 0.25) is 0 Å². The average Bonchev–Trinajstić information content (AvgIpc) is 2.17. The van der Waals surface area contributed by atoms with Crippen LogP contribution in [0.25, 0.3) is 5.57 Å². The fraction of sp³-hybridized carbons (Fsp3) is 0.308. The number of carbonyl (C=O) groups is 1. The lowest BCUT2D eigenvalue weighted by atomic mass is 9.86. The van der Waals surface area contributed by atoms with Crippen LogP contribution >= 0.6 is 11.6 Å². The van der Waals surface area contributed by atoms with Gasteiger partial charge in [0.15, 0.2) is 0 Å². The maximum atomic E-state index is 10.9. The van der Waals surface area contributed by atoms with Gasteiger partial charge in [0.05, 0.1) is 0 Å². The van der Waals surface area contributed by atoms with Crippen LogP contribution in [0.5, 0.6) is 0 Å². The van der Waals surface area contributed by atoms with Gasteiger partial charge < -0.3 is 0 Å². The SMILES string of the molecule is CC(C)(C)c1ccc(C(=C=O)C(=O)Cl)cc1. The van der Waals surface area contributed by atoms with Gasteiger partial charge in [0.25, 0.3) is 5.24 Å². The highest BCUT2D eigenvalue weighted by Gasteiger charge is 2.15. The molecule has 2 nitrogen and oxygen atoms in total. The Morgan fingerprint density at radius 2 is 1.69 bits per heavy atom. The van der Waals surface area contributed by atoms with Crippen molar-refractivity contribution in [3.05, 3.63) is 35.4 Å². The van der Waals surface area contributed by atoms with E-state index < -0.39 is 5.24 Å². The van der Waals surface area contributed by atoms with E-state index in [0.29, 0.717) is 5.56 Å². The Bertz CT molecular complexity index is 446. The van der Waals surface area contributed by atoms with E-state index in [2.05, 4.69) is 20.8 Å². The predicted molar refractivity (Wildman–Crippen MR) is 65.1 cm³/mol. The molecule has 0 N–H and O–H groups in total. The van der Waals surface area contributed by atoms with Crippen molar-refractivity contribution in [3.63, 3.8) is 0 Å². The Morgan fingerprint density at radius 1 is 1.19 bits per heavy atom. The molecule has 16 heavy (non-hydrogen) atoms. The maximum Gasteiger partial charge on any atom is 0.264 e. The zero-order valence-electron chi connectivity index (χ0n) is 9.50. The molecule has 0 fully saturated rings. The van der Waals surface area contributed by atoms with Crippen molar-refractivity contribution in [3.8, 4) is 0 Å². The van der Waals surface area contributed by atoms with Gasteiger partial charge in [0, 0.05) is 0 Å². The highest BCUT2D eigenvalue weighted by Crippen LogP contribution is 2.24. The van der Waals surface area contributed by atoms with Crippen molar-refractivity contribution >= 4 is 28.4 Å². The number of allylic oxidation sites excluding steroid dienone is 1. The number of carbonyl (C=O) groups excluding carboxylic acids is 2. The van der Waals surface area contributed by atoms with Crippen molar-refractivity contribution in [2.24, 2.45) is 0 Å². The highest BCUT2D eigenvalue weighted by molar-refractivity contribution is 6.75. The normalized spacial score (nSPS) is 10.8. The summed E-state index contributed by atoms with van der Waals surface area (Å²) in [5.74, 6) is 1.56. The van der Waals surface area contributed by atoms with Crippen LogP contribution in [0.1, 0.15) is 31.9 Å². The van der Waals surface area contributed by atoms with E-state index in [1.807, 2.05) is 12.1 Å². The van der Waals surface area contributed by atoms with Gasteiger partial charge in [0.1, 0.15) is 11.5 Å². The van der Waals surface area contributed by atoms with Gasteiger partial charge in [-0.1, -0.05) is 45.0 Å². The summed E-state index contributed by atoms with van der Waals surface area (Å²) in [7, 11) is 0. The monoisotopic (exact) mass is 236 g/mol. The summed E-state index contributed by atoms with van der Waals surface area (Å²) in [5, 5.41) is -0.779. The largest absolute Gasteiger partial charge is 0.275 e. The minimum atomic E-state index is -0.779. The molecule has 0 aliphatic carbocycles. The molecular weight excluding hydrogens is 224 g/mol. The summed E-state index contributed by atoms with van der Waals surface area (Å²) in [6.07, 6.45) is 0. The molecule has 0 amide bonds. The topological polar surface area (TPSA) is 34.1 Å². The molecule has 0 saturated carbocycles. The number of halogens is 1. The van der Waals surface area contributed by atoms with Crippen LogP contribution in [0.4, 0.5) is 0 Å². The van der Waals surface area contributed by atoms with Gasteiger partial charge in [-0.15, -0.1) is 0 Å². The van der Waals surface area contributed by atoms with E-state index in [1.165, 1.54) is 0 Å². The molecule has 0 heterocycles. The third kappa shape index (κ3) is 2.82. The molecule has 0 aliphatic heterocycles. The Labute approximate surface area is 99.9 Å². The first kappa shape index (κ1) is 12.7. The van der Waals surface area contributed by atoms with Gasteiger partial charge >= 0.3 is 0 Å². The summed E-state index contributed by atoms with van der Waals surface area (Å²) < 4.78 is 0. The summed E-state index contributed by atoms with van der Waals surface area (Å²) in [4.78, 5) is 21.5. The second kappa shape index (κ2) is 4.65.